The first-order chi connectivity index (χ1) is 12.0. The molecule has 6 nitrogen and oxygen atoms in total. The van der Waals surface area contributed by atoms with Crippen molar-refractivity contribution in [3.8, 4) is 0 Å². The second-order valence-electron chi connectivity index (χ2n) is 5.43. The molecule has 0 bridgehead atoms. The lowest BCUT2D eigenvalue weighted by molar-refractivity contribution is -0.124. The zero-order valence-corrected chi connectivity index (χ0v) is 14.0. The Morgan fingerprint density at radius 1 is 0.800 bits per heavy atom. The number of barbiturate groups is 1. The minimum Gasteiger partial charge on any atom is -0.378 e. The van der Waals surface area contributed by atoms with Crippen molar-refractivity contribution in [1.82, 2.24) is 10.6 Å². The number of benzene rings is 1. The quantitative estimate of drug-likeness (QED) is 0.490. The van der Waals surface area contributed by atoms with Crippen molar-refractivity contribution >= 4 is 29.6 Å². The normalized spacial score (nSPS) is 15.1. The lowest BCUT2D eigenvalue weighted by Gasteiger charge is -2.12. The summed E-state index contributed by atoms with van der Waals surface area (Å²) >= 11 is 0. The Labute approximate surface area is 146 Å². The van der Waals surface area contributed by atoms with Gasteiger partial charge in [0, 0.05) is 19.8 Å². The Balaban J connectivity index is 1.89. The largest absolute Gasteiger partial charge is 0.378 e. The highest BCUT2D eigenvalue weighted by Crippen LogP contribution is 2.13. The number of allylic oxidation sites excluding steroid dienone is 6. The van der Waals surface area contributed by atoms with Gasteiger partial charge >= 0.3 is 6.03 Å². The number of urea groups is 1. The average Bonchev–Trinajstić information content (AvgIpc) is 2.56. The number of carbonyl (C=O) groups excluding carboxylic acids is 3. The van der Waals surface area contributed by atoms with E-state index in [0.717, 1.165) is 11.3 Å². The Kier molecular flexibility index (Phi) is 6.06. The number of rotatable bonds is 5. The van der Waals surface area contributed by atoms with E-state index in [0.29, 0.717) is 0 Å². The SMILES string of the molecule is CN(C)c1ccc(/C=C/C=C/C=C/C=C2C(=O)NC(=O)NC2=O)cc1. The molecule has 0 spiro atoms. The highest BCUT2D eigenvalue weighted by Gasteiger charge is 2.26. The van der Waals surface area contributed by atoms with Crippen LogP contribution in [-0.4, -0.2) is 31.9 Å². The van der Waals surface area contributed by atoms with E-state index >= 15 is 0 Å². The topological polar surface area (TPSA) is 78.5 Å². The molecule has 1 aromatic rings. The number of anilines is 1. The summed E-state index contributed by atoms with van der Waals surface area (Å²) in [5.41, 5.74) is 2.11. The number of carbonyl (C=O) groups is 3. The number of nitrogens with zero attached hydrogens (tertiary/aromatic N) is 1. The van der Waals surface area contributed by atoms with Gasteiger partial charge in [-0.15, -0.1) is 0 Å². The molecule has 0 aliphatic carbocycles. The van der Waals surface area contributed by atoms with Gasteiger partial charge in [0.15, 0.2) is 0 Å². The van der Waals surface area contributed by atoms with E-state index in [1.54, 1.807) is 18.2 Å². The number of nitrogens with one attached hydrogen (secondary N) is 2. The molecule has 1 aliphatic heterocycles. The molecule has 1 aromatic carbocycles. The smallest absolute Gasteiger partial charge is 0.328 e. The van der Waals surface area contributed by atoms with Gasteiger partial charge in [0.05, 0.1) is 0 Å². The van der Waals surface area contributed by atoms with Crippen molar-refractivity contribution in [3.63, 3.8) is 0 Å². The number of imide groups is 2. The van der Waals surface area contributed by atoms with Gasteiger partial charge < -0.3 is 4.90 Å². The summed E-state index contributed by atoms with van der Waals surface area (Å²) in [5.74, 6) is -1.41. The molecular formula is C19H19N3O3. The van der Waals surface area contributed by atoms with Gasteiger partial charge in [-0.1, -0.05) is 48.6 Å². The standard InChI is InChI=1S/C19H19N3O3/c1-22(2)15-12-10-14(11-13-15)8-6-4-3-5-7-9-16-17(23)20-19(25)21-18(16)24/h3-13H,1-2H3,(H2,20,21,23,24,25)/b4-3+,7-5+,8-6+. The maximum Gasteiger partial charge on any atom is 0.328 e. The Hall–Kier alpha value is -3.41. The lowest BCUT2D eigenvalue weighted by atomic mass is 10.1. The molecule has 2 N–H and O–H groups in total. The highest BCUT2D eigenvalue weighted by molar-refractivity contribution is 6.29. The predicted octanol–water partition coefficient (Wildman–Crippen LogP) is 2.17. The van der Waals surface area contributed by atoms with E-state index in [2.05, 4.69) is 0 Å². The van der Waals surface area contributed by atoms with Crippen LogP contribution in [0.1, 0.15) is 5.56 Å². The van der Waals surface area contributed by atoms with E-state index in [-0.39, 0.29) is 5.57 Å². The highest BCUT2D eigenvalue weighted by atomic mass is 16.2. The van der Waals surface area contributed by atoms with E-state index in [1.165, 1.54) is 6.08 Å². The first kappa shape index (κ1) is 17.9. The molecule has 0 radical (unpaired) electrons. The maximum absolute atomic E-state index is 11.5. The summed E-state index contributed by atoms with van der Waals surface area (Å²) in [4.78, 5) is 35.9. The number of hydrogen-bond donors (Lipinski definition) is 2. The molecule has 0 saturated carbocycles. The van der Waals surface area contributed by atoms with Crippen LogP contribution in [0.3, 0.4) is 0 Å². The second kappa shape index (κ2) is 8.44. The van der Waals surface area contributed by atoms with Gasteiger partial charge in [-0.3, -0.25) is 20.2 Å². The summed E-state index contributed by atoms with van der Waals surface area (Å²) in [6.07, 6.45) is 12.1. The molecule has 4 amide bonds. The summed E-state index contributed by atoms with van der Waals surface area (Å²) in [7, 11) is 3.99. The van der Waals surface area contributed by atoms with Crippen molar-refractivity contribution in [3.05, 3.63) is 71.9 Å². The molecule has 0 unspecified atom stereocenters. The summed E-state index contributed by atoms with van der Waals surface area (Å²) in [6.45, 7) is 0. The van der Waals surface area contributed by atoms with Crippen LogP contribution in [0.2, 0.25) is 0 Å². The monoisotopic (exact) mass is 337 g/mol. The van der Waals surface area contributed by atoms with Gasteiger partial charge in [-0.25, -0.2) is 4.79 Å². The first-order valence-electron chi connectivity index (χ1n) is 7.63. The molecule has 1 fully saturated rings. The van der Waals surface area contributed by atoms with Crippen LogP contribution in [0.5, 0.6) is 0 Å². The van der Waals surface area contributed by atoms with Crippen LogP contribution in [0.15, 0.2) is 66.3 Å². The van der Waals surface area contributed by atoms with Crippen LogP contribution in [0.4, 0.5) is 10.5 Å². The second-order valence-corrected chi connectivity index (χ2v) is 5.43. The van der Waals surface area contributed by atoms with Crippen molar-refractivity contribution in [1.29, 1.82) is 0 Å². The first-order valence-corrected chi connectivity index (χ1v) is 7.63. The maximum atomic E-state index is 11.5. The Morgan fingerprint density at radius 2 is 1.36 bits per heavy atom. The minimum atomic E-state index is -0.806. The molecular weight excluding hydrogens is 318 g/mol. The summed E-state index contributed by atoms with van der Waals surface area (Å²) in [5, 5.41) is 4.01. The third-order valence-electron chi connectivity index (χ3n) is 3.35. The zero-order chi connectivity index (χ0) is 18.2. The minimum absolute atomic E-state index is 0.110. The van der Waals surface area contributed by atoms with Gasteiger partial charge in [-0.2, -0.15) is 0 Å². The summed E-state index contributed by atoms with van der Waals surface area (Å²) in [6, 6.07) is 7.34. The van der Waals surface area contributed by atoms with Crippen LogP contribution < -0.4 is 15.5 Å². The van der Waals surface area contributed by atoms with Crippen molar-refractivity contribution in [2.75, 3.05) is 19.0 Å². The fraction of sp³-hybridized carbons (Fsp3) is 0.105. The zero-order valence-electron chi connectivity index (χ0n) is 14.0. The third-order valence-corrected chi connectivity index (χ3v) is 3.35. The van der Waals surface area contributed by atoms with Gasteiger partial charge in [-0.05, 0) is 23.8 Å². The van der Waals surface area contributed by atoms with Crippen LogP contribution in [0.25, 0.3) is 6.08 Å². The molecule has 0 atom stereocenters. The van der Waals surface area contributed by atoms with Gasteiger partial charge in [0.2, 0.25) is 0 Å². The van der Waals surface area contributed by atoms with E-state index in [4.69, 9.17) is 0 Å². The van der Waals surface area contributed by atoms with Gasteiger partial charge in [0.25, 0.3) is 11.8 Å². The Bertz CT molecular complexity index is 763. The molecule has 1 saturated heterocycles. The van der Waals surface area contributed by atoms with Crippen molar-refractivity contribution < 1.29 is 14.4 Å². The van der Waals surface area contributed by atoms with Crippen LogP contribution in [0, 0.1) is 0 Å². The van der Waals surface area contributed by atoms with E-state index in [9.17, 15) is 14.4 Å². The molecule has 128 valence electrons. The number of amides is 4. The lowest BCUT2D eigenvalue weighted by Crippen LogP contribution is -2.51. The third kappa shape index (κ3) is 5.31. The molecule has 25 heavy (non-hydrogen) atoms. The molecule has 0 aromatic heterocycles. The van der Waals surface area contributed by atoms with E-state index < -0.39 is 17.8 Å². The molecule has 1 heterocycles. The fourth-order valence-corrected chi connectivity index (χ4v) is 2.02. The van der Waals surface area contributed by atoms with Crippen LogP contribution >= 0.6 is 0 Å². The van der Waals surface area contributed by atoms with Crippen molar-refractivity contribution in [2.24, 2.45) is 0 Å². The average molecular weight is 337 g/mol. The van der Waals surface area contributed by atoms with Gasteiger partial charge in [0.1, 0.15) is 5.57 Å². The van der Waals surface area contributed by atoms with E-state index in [1.807, 2.05) is 72.1 Å². The van der Waals surface area contributed by atoms with Crippen molar-refractivity contribution in [2.45, 2.75) is 0 Å². The molecule has 1 aliphatic rings. The predicted molar refractivity (Wildman–Crippen MR) is 97.8 cm³/mol. The molecule has 6 heteroatoms. The number of hydrogen-bond acceptors (Lipinski definition) is 4. The molecule has 2 rings (SSSR count). The summed E-state index contributed by atoms with van der Waals surface area (Å²) < 4.78 is 0. The van der Waals surface area contributed by atoms with Crippen LogP contribution in [-0.2, 0) is 9.59 Å². The fourth-order valence-electron chi connectivity index (χ4n) is 2.02. The Morgan fingerprint density at radius 3 is 1.96 bits per heavy atom.